The summed E-state index contributed by atoms with van der Waals surface area (Å²) in [4.78, 5) is 0. The molecule has 2 rings (SSSR count). The quantitative estimate of drug-likeness (QED) is 0.648. The molecule has 74 valence electrons. The third-order valence-electron chi connectivity index (χ3n) is 4.21. The Bertz CT molecular complexity index is 217. The Labute approximate surface area is 81.4 Å². The van der Waals surface area contributed by atoms with Gasteiger partial charge in [-0.25, -0.2) is 0 Å². The summed E-state index contributed by atoms with van der Waals surface area (Å²) in [5.74, 6) is 2.62. The zero-order chi connectivity index (χ0) is 9.47. The molecule has 0 aliphatic heterocycles. The molecule has 0 aromatic rings. The van der Waals surface area contributed by atoms with E-state index in [1.807, 2.05) is 0 Å². The molecule has 1 nitrogen and oxygen atoms in total. The van der Waals surface area contributed by atoms with Gasteiger partial charge in [0.2, 0.25) is 0 Å². The summed E-state index contributed by atoms with van der Waals surface area (Å²) in [6.07, 6.45) is 8.65. The van der Waals surface area contributed by atoms with E-state index < -0.39 is 0 Å². The maximum Gasteiger partial charge on any atom is -0.00407 e. The van der Waals surface area contributed by atoms with E-state index in [9.17, 15) is 0 Å². The van der Waals surface area contributed by atoms with E-state index in [0.717, 1.165) is 24.3 Å². The first-order valence-corrected chi connectivity index (χ1v) is 5.53. The fourth-order valence-corrected chi connectivity index (χ4v) is 3.32. The maximum absolute atomic E-state index is 5.79. The first-order chi connectivity index (χ1) is 6.18. The van der Waals surface area contributed by atoms with Gasteiger partial charge in [0.25, 0.3) is 0 Å². The zero-order valence-electron chi connectivity index (χ0n) is 8.79. The van der Waals surface area contributed by atoms with Crippen LogP contribution in [0.15, 0.2) is 12.2 Å². The number of rotatable bonds is 2. The second kappa shape index (κ2) is 3.13. The second-order valence-corrected chi connectivity index (χ2v) is 5.23. The van der Waals surface area contributed by atoms with Crippen molar-refractivity contribution in [1.29, 1.82) is 0 Å². The molecular formula is C12H21N. The summed E-state index contributed by atoms with van der Waals surface area (Å²) < 4.78 is 0. The lowest BCUT2D eigenvalue weighted by Crippen LogP contribution is -2.10. The lowest BCUT2D eigenvalue weighted by atomic mass is 9.87. The van der Waals surface area contributed by atoms with Crippen LogP contribution >= 0.6 is 0 Å². The monoisotopic (exact) mass is 179 g/mol. The first kappa shape index (κ1) is 9.26. The smallest absolute Gasteiger partial charge is 0.00407 e. The fraction of sp³-hybridized carbons (Fsp3) is 0.833. The van der Waals surface area contributed by atoms with E-state index >= 15 is 0 Å². The van der Waals surface area contributed by atoms with Gasteiger partial charge in [0.1, 0.15) is 0 Å². The summed E-state index contributed by atoms with van der Waals surface area (Å²) in [6, 6.07) is 0. The summed E-state index contributed by atoms with van der Waals surface area (Å²) >= 11 is 0. The summed E-state index contributed by atoms with van der Waals surface area (Å²) in [5, 5.41) is 0. The van der Waals surface area contributed by atoms with Crippen LogP contribution in [0.4, 0.5) is 0 Å². The summed E-state index contributed by atoms with van der Waals surface area (Å²) in [6.45, 7) is 5.65. The van der Waals surface area contributed by atoms with Crippen molar-refractivity contribution in [1.82, 2.24) is 0 Å². The van der Waals surface area contributed by atoms with Gasteiger partial charge in [-0.1, -0.05) is 26.0 Å². The molecule has 1 unspecified atom stereocenters. The highest BCUT2D eigenvalue weighted by Crippen LogP contribution is 2.62. The lowest BCUT2D eigenvalue weighted by molar-refractivity contribution is 0.364. The van der Waals surface area contributed by atoms with Crippen molar-refractivity contribution in [2.24, 2.45) is 28.9 Å². The molecule has 0 spiro atoms. The molecule has 0 radical (unpaired) electrons. The van der Waals surface area contributed by atoms with E-state index in [4.69, 9.17) is 5.73 Å². The average molecular weight is 179 g/mol. The van der Waals surface area contributed by atoms with Gasteiger partial charge >= 0.3 is 0 Å². The Hall–Kier alpha value is -0.300. The van der Waals surface area contributed by atoms with E-state index in [1.165, 1.54) is 19.3 Å². The number of nitrogens with two attached hydrogens (primary N) is 1. The molecule has 0 aromatic carbocycles. The standard InChI is InChI=1S/C12H21N/c1-12(2)10(8-13)11(12)9-6-4-3-5-7-9/h3-4,9-11H,5-8,13H2,1-2H3/t9?,10-,11-/m1/s1. The molecule has 0 saturated heterocycles. The van der Waals surface area contributed by atoms with Gasteiger partial charge < -0.3 is 5.73 Å². The normalized spacial score (nSPS) is 41.9. The molecule has 1 fully saturated rings. The van der Waals surface area contributed by atoms with Gasteiger partial charge in [-0.3, -0.25) is 0 Å². The van der Waals surface area contributed by atoms with Crippen LogP contribution in [-0.2, 0) is 0 Å². The van der Waals surface area contributed by atoms with Crippen LogP contribution in [0.25, 0.3) is 0 Å². The topological polar surface area (TPSA) is 26.0 Å². The Kier molecular flexibility index (Phi) is 2.23. The first-order valence-electron chi connectivity index (χ1n) is 5.53. The molecule has 2 aliphatic rings. The van der Waals surface area contributed by atoms with Crippen molar-refractivity contribution >= 4 is 0 Å². The van der Waals surface area contributed by atoms with Crippen molar-refractivity contribution < 1.29 is 0 Å². The van der Waals surface area contributed by atoms with Crippen molar-refractivity contribution in [2.45, 2.75) is 33.1 Å². The Morgan fingerprint density at radius 3 is 2.62 bits per heavy atom. The second-order valence-electron chi connectivity index (χ2n) is 5.23. The molecule has 2 N–H and O–H groups in total. The molecule has 2 aliphatic carbocycles. The van der Waals surface area contributed by atoms with Crippen molar-refractivity contribution in [3.05, 3.63) is 12.2 Å². The predicted molar refractivity (Wildman–Crippen MR) is 56.3 cm³/mol. The van der Waals surface area contributed by atoms with E-state index in [0.29, 0.717) is 5.41 Å². The van der Waals surface area contributed by atoms with Crippen LogP contribution in [0.1, 0.15) is 33.1 Å². The van der Waals surface area contributed by atoms with Crippen molar-refractivity contribution in [3.8, 4) is 0 Å². The van der Waals surface area contributed by atoms with Crippen LogP contribution in [-0.4, -0.2) is 6.54 Å². The molecule has 0 bridgehead atoms. The molecule has 1 saturated carbocycles. The highest BCUT2D eigenvalue weighted by molar-refractivity contribution is 5.10. The van der Waals surface area contributed by atoms with Crippen LogP contribution in [0.2, 0.25) is 0 Å². The van der Waals surface area contributed by atoms with Crippen LogP contribution in [0.5, 0.6) is 0 Å². The zero-order valence-corrected chi connectivity index (χ0v) is 8.79. The summed E-state index contributed by atoms with van der Waals surface area (Å²) in [5.41, 5.74) is 6.32. The SMILES string of the molecule is CC1(C)[C@H](CN)[C@H]1C1CC=CCC1. The molecule has 3 atom stereocenters. The Balaban J connectivity index is 1.99. The van der Waals surface area contributed by atoms with Crippen molar-refractivity contribution in [3.63, 3.8) is 0 Å². The lowest BCUT2D eigenvalue weighted by Gasteiger charge is -2.19. The van der Waals surface area contributed by atoms with Crippen LogP contribution in [0.3, 0.4) is 0 Å². The highest BCUT2D eigenvalue weighted by atomic mass is 14.7. The molecule has 0 aromatic heterocycles. The Morgan fingerprint density at radius 1 is 1.38 bits per heavy atom. The van der Waals surface area contributed by atoms with Gasteiger partial charge in [-0.2, -0.15) is 0 Å². The highest BCUT2D eigenvalue weighted by Gasteiger charge is 2.58. The predicted octanol–water partition coefficient (Wildman–Crippen LogP) is 2.57. The Morgan fingerprint density at radius 2 is 2.15 bits per heavy atom. The molecule has 0 heterocycles. The third-order valence-corrected chi connectivity index (χ3v) is 4.21. The van der Waals surface area contributed by atoms with Crippen molar-refractivity contribution in [2.75, 3.05) is 6.54 Å². The summed E-state index contributed by atoms with van der Waals surface area (Å²) in [7, 11) is 0. The molecule has 13 heavy (non-hydrogen) atoms. The van der Waals surface area contributed by atoms with E-state index in [2.05, 4.69) is 26.0 Å². The van der Waals surface area contributed by atoms with Gasteiger partial charge in [0.05, 0.1) is 0 Å². The van der Waals surface area contributed by atoms with Crippen LogP contribution in [0, 0.1) is 23.2 Å². The minimum Gasteiger partial charge on any atom is -0.330 e. The van der Waals surface area contributed by atoms with Gasteiger partial charge in [0.15, 0.2) is 0 Å². The minimum atomic E-state index is 0.532. The van der Waals surface area contributed by atoms with Crippen LogP contribution < -0.4 is 5.73 Å². The minimum absolute atomic E-state index is 0.532. The van der Waals surface area contributed by atoms with E-state index in [1.54, 1.807) is 0 Å². The maximum atomic E-state index is 5.79. The fourth-order valence-electron chi connectivity index (χ4n) is 3.32. The van der Waals surface area contributed by atoms with Gasteiger partial charge in [-0.05, 0) is 49.0 Å². The molecule has 0 amide bonds. The molecular weight excluding hydrogens is 158 g/mol. The largest absolute Gasteiger partial charge is 0.330 e. The van der Waals surface area contributed by atoms with Gasteiger partial charge in [0, 0.05) is 0 Å². The number of allylic oxidation sites excluding steroid dienone is 2. The molecule has 1 heteroatoms. The van der Waals surface area contributed by atoms with E-state index in [-0.39, 0.29) is 0 Å². The number of hydrogen-bond acceptors (Lipinski definition) is 1. The van der Waals surface area contributed by atoms with Gasteiger partial charge in [-0.15, -0.1) is 0 Å². The third kappa shape index (κ3) is 1.43. The average Bonchev–Trinajstić information content (AvgIpc) is 2.69. The number of hydrogen-bond donors (Lipinski definition) is 1.